The molecule has 2 aromatic heterocycles. The number of hydrogen-bond acceptors (Lipinski definition) is 8. The van der Waals surface area contributed by atoms with Crippen molar-refractivity contribution in [2.24, 2.45) is 17.8 Å². The first-order chi connectivity index (χ1) is 13.8. The molecule has 13 heteroatoms. The largest absolute Gasteiger partial charge is 0.470 e. The molecule has 13 nitrogen and oxygen atoms in total. The van der Waals surface area contributed by atoms with E-state index in [1.165, 1.54) is 4.68 Å². The van der Waals surface area contributed by atoms with Crippen molar-refractivity contribution in [3.05, 3.63) is 42.7 Å². The van der Waals surface area contributed by atoms with Crippen LogP contribution in [0.1, 0.15) is 38.5 Å². The summed E-state index contributed by atoms with van der Waals surface area (Å²) < 4.78 is 2.37. The van der Waals surface area contributed by atoms with Gasteiger partial charge in [0.25, 0.3) is 5.82 Å². The summed E-state index contributed by atoms with van der Waals surface area (Å²) in [6.07, 6.45) is 7.53. The summed E-state index contributed by atoms with van der Waals surface area (Å²) in [7, 11) is 0. The van der Waals surface area contributed by atoms with Crippen molar-refractivity contribution in [2.45, 2.75) is 44.1 Å². The molecule has 6 rings (SSSR count). The Bertz CT molecular complexity index is 1020. The zero-order valence-electron chi connectivity index (χ0n) is 15.2. The van der Waals surface area contributed by atoms with Crippen molar-refractivity contribution in [3.63, 3.8) is 0 Å². The molecule has 0 unspecified atom stereocenters. The molecule has 2 heterocycles. The van der Waals surface area contributed by atoms with Crippen LogP contribution < -0.4 is 0 Å². The van der Waals surface area contributed by atoms with E-state index >= 15 is 0 Å². The van der Waals surface area contributed by atoms with E-state index in [9.17, 15) is 30.3 Å². The summed E-state index contributed by atoms with van der Waals surface area (Å²) in [6.45, 7) is 0. The Morgan fingerprint density at radius 3 is 1.97 bits per heavy atom. The molecule has 152 valence electrons. The molecule has 0 spiro atoms. The van der Waals surface area contributed by atoms with E-state index in [0.717, 1.165) is 55.6 Å². The van der Waals surface area contributed by atoms with Gasteiger partial charge in [-0.15, -0.1) is 4.68 Å². The fourth-order valence-electron chi connectivity index (χ4n) is 6.06. The van der Waals surface area contributed by atoms with Gasteiger partial charge in [-0.05, 0) is 61.2 Å². The van der Waals surface area contributed by atoms with Gasteiger partial charge in [0.05, 0.1) is 20.5 Å². The molecule has 0 aromatic carbocycles. The van der Waals surface area contributed by atoms with Crippen molar-refractivity contribution in [2.75, 3.05) is 0 Å². The van der Waals surface area contributed by atoms with Crippen LogP contribution in [0.15, 0.2) is 12.4 Å². The quantitative estimate of drug-likeness (QED) is 0.543. The molecule has 0 N–H and O–H groups in total. The molecule has 0 aliphatic heterocycles. The van der Waals surface area contributed by atoms with Crippen molar-refractivity contribution in [1.82, 2.24) is 19.6 Å². The summed E-state index contributed by atoms with van der Waals surface area (Å²) >= 11 is 0. The Labute approximate surface area is 162 Å². The first-order valence-electron chi connectivity index (χ1n) is 9.39. The fraction of sp³-hybridized carbons (Fsp3) is 0.625. The maximum atomic E-state index is 11.8. The number of aromatic nitrogens is 4. The molecular weight excluding hydrogens is 386 g/mol. The molecule has 4 aliphatic carbocycles. The molecular formula is C16H17N7O6. The minimum Gasteiger partial charge on any atom is -0.358 e. The average molecular weight is 403 g/mol. The van der Waals surface area contributed by atoms with Gasteiger partial charge in [0.15, 0.2) is 0 Å². The number of nitro groups is 3. The summed E-state index contributed by atoms with van der Waals surface area (Å²) in [6, 6.07) is 0. The van der Waals surface area contributed by atoms with Gasteiger partial charge >= 0.3 is 17.2 Å². The van der Waals surface area contributed by atoms with Gasteiger partial charge in [0.2, 0.25) is 0 Å². The van der Waals surface area contributed by atoms with Crippen molar-refractivity contribution < 1.29 is 14.8 Å². The van der Waals surface area contributed by atoms with Gasteiger partial charge < -0.3 is 10.1 Å². The minimum atomic E-state index is -0.878. The fourth-order valence-corrected chi connectivity index (χ4v) is 6.06. The maximum Gasteiger partial charge on any atom is 0.470 e. The number of hydrogen-bond donors (Lipinski definition) is 0. The van der Waals surface area contributed by atoms with Gasteiger partial charge in [-0.3, -0.25) is 20.2 Å². The van der Waals surface area contributed by atoms with Crippen molar-refractivity contribution in [1.29, 1.82) is 0 Å². The normalized spacial score (nSPS) is 29.9. The lowest BCUT2D eigenvalue weighted by Crippen LogP contribution is -2.52. The third-order valence-corrected chi connectivity index (χ3v) is 6.63. The van der Waals surface area contributed by atoms with Crippen molar-refractivity contribution in [3.8, 4) is 5.82 Å². The Morgan fingerprint density at radius 1 is 0.931 bits per heavy atom. The van der Waals surface area contributed by atoms with Crippen LogP contribution in [0.4, 0.5) is 17.2 Å². The predicted molar refractivity (Wildman–Crippen MR) is 95.5 cm³/mol. The van der Waals surface area contributed by atoms with Gasteiger partial charge in [-0.2, -0.15) is 5.10 Å². The highest BCUT2D eigenvalue weighted by Gasteiger charge is 2.57. The third-order valence-electron chi connectivity index (χ3n) is 6.63. The summed E-state index contributed by atoms with van der Waals surface area (Å²) in [5.74, 6) is 0.339. The zero-order valence-corrected chi connectivity index (χ0v) is 15.2. The summed E-state index contributed by atoms with van der Waals surface area (Å²) in [5.41, 5.74) is -1.71. The molecule has 0 saturated heterocycles. The Hall–Kier alpha value is -3.38. The Kier molecular flexibility index (Phi) is 3.55. The van der Waals surface area contributed by atoms with E-state index in [0.29, 0.717) is 17.8 Å². The van der Waals surface area contributed by atoms with Gasteiger partial charge in [0, 0.05) is 0 Å². The monoisotopic (exact) mass is 403 g/mol. The van der Waals surface area contributed by atoms with Crippen LogP contribution >= 0.6 is 0 Å². The lowest BCUT2D eigenvalue weighted by Gasteiger charge is -2.55. The molecule has 0 amide bonds. The highest BCUT2D eigenvalue weighted by Crippen LogP contribution is 2.59. The molecule has 4 bridgehead atoms. The smallest absolute Gasteiger partial charge is 0.358 e. The SMILES string of the molecule is O=[N+]([O-])c1cnn(-c2c([N+](=O)[O-])c([N+](=O)[O-])nn2C23CC4CC(CC(C4)C2)C3)c1. The van der Waals surface area contributed by atoms with E-state index in [4.69, 9.17) is 0 Å². The lowest BCUT2D eigenvalue weighted by molar-refractivity contribution is -0.424. The predicted octanol–water partition coefficient (Wildman–Crippen LogP) is 2.72. The number of rotatable bonds is 5. The van der Waals surface area contributed by atoms with E-state index in [2.05, 4.69) is 10.2 Å². The molecule has 4 aliphatic rings. The summed E-state index contributed by atoms with van der Waals surface area (Å²) in [4.78, 5) is 32.0. The van der Waals surface area contributed by atoms with Crippen LogP contribution in [-0.4, -0.2) is 34.3 Å². The lowest BCUT2D eigenvalue weighted by atomic mass is 9.53. The minimum absolute atomic E-state index is 0.184. The first kappa shape index (κ1) is 17.7. The first-order valence-corrected chi connectivity index (χ1v) is 9.39. The standard InChI is InChI=1S/C16H17N7O6/c24-21(25)12-7-17-19(8-12)15-13(22(26)27)14(23(28)29)18-20(15)16-4-9-1-10(5-16)3-11(2-9)6-16/h7-11H,1-6H2. The van der Waals surface area contributed by atoms with Crippen LogP contribution in [-0.2, 0) is 5.54 Å². The molecule has 0 atom stereocenters. The summed E-state index contributed by atoms with van der Waals surface area (Å²) in [5, 5.41) is 42.4. The second kappa shape index (κ2) is 5.81. The van der Waals surface area contributed by atoms with Crippen LogP contribution in [0.2, 0.25) is 0 Å². The molecule has 4 fully saturated rings. The molecule has 4 saturated carbocycles. The Morgan fingerprint density at radius 2 is 1.52 bits per heavy atom. The number of nitrogens with zero attached hydrogens (tertiary/aromatic N) is 7. The van der Waals surface area contributed by atoms with Gasteiger partial charge in [-0.25, -0.2) is 4.68 Å². The molecule has 2 aromatic rings. The van der Waals surface area contributed by atoms with Crippen LogP contribution in [0.3, 0.4) is 0 Å². The van der Waals surface area contributed by atoms with E-state index in [-0.39, 0.29) is 11.5 Å². The average Bonchev–Trinajstić information content (AvgIpc) is 3.25. The third kappa shape index (κ3) is 2.53. The van der Waals surface area contributed by atoms with E-state index in [1.54, 1.807) is 0 Å². The zero-order chi connectivity index (χ0) is 20.5. The van der Waals surface area contributed by atoms with E-state index < -0.39 is 31.8 Å². The Balaban J connectivity index is 1.75. The van der Waals surface area contributed by atoms with Gasteiger partial charge in [-0.1, -0.05) is 0 Å². The maximum absolute atomic E-state index is 11.8. The van der Waals surface area contributed by atoms with Crippen LogP contribution in [0.5, 0.6) is 0 Å². The second-order valence-electron chi connectivity index (χ2n) is 8.46. The highest BCUT2D eigenvalue weighted by atomic mass is 16.6. The molecule has 29 heavy (non-hydrogen) atoms. The topological polar surface area (TPSA) is 165 Å². The van der Waals surface area contributed by atoms with Crippen molar-refractivity contribution >= 4 is 17.2 Å². The van der Waals surface area contributed by atoms with Crippen LogP contribution in [0, 0.1) is 48.1 Å². The molecule has 0 radical (unpaired) electrons. The van der Waals surface area contributed by atoms with E-state index in [1.807, 2.05) is 0 Å². The highest BCUT2D eigenvalue weighted by molar-refractivity contribution is 5.60. The second-order valence-corrected chi connectivity index (χ2v) is 8.46. The van der Waals surface area contributed by atoms with Gasteiger partial charge in [0.1, 0.15) is 12.4 Å². The van der Waals surface area contributed by atoms with Crippen LogP contribution in [0.25, 0.3) is 5.82 Å².